The molecule has 2 aliphatic carbocycles. The molecule has 0 radical (unpaired) electrons. The molecule has 2 bridgehead atoms. The first kappa shape index (κ1) is 23.7. The SMILES string of the molecule is CCOC(=O)c1ccc(N2C(=O)C3C4CC(C3C2=O)C2C4Sc3[nH]c(=O)sc3[C@@H]2c2ccccc2O)cc1. The highest BCUT2D eigenvalue weighted by molar-refractivity contribution is 8.00. The molecular weight excluding hydrogens is 524 g/mol. The molecule has 7 atom stereocenters. The van der Waals surface area contributed by atoms with Gasteiger partial charge in [0.05, 0.1) is 34.7 Å². The van der Waals surface area contributed by atoms with Crippen molar-refractivity contribution >= 4 is 46.6 Å². The van der Waals surface area contributed by atoms with Gasteiger partial charge in [0.2, 0.25) is 11.8 Å². The Labute approximate surface area is 226 Å². The van der Waals surface area contributed by atoms with Crippen LogP contribution in [-0.2, 0) is 14.3 Å². The summed E-state index contributed by atoms with van der Waals surface area (Å²) < 4.78 is 5.04. The Hall–Kier alpha value is -3.37. The number of aromatic hydroxyl groups is 1. The molecule has 1 saturated heterocycles. The Morgan fingerprint density at radius 2 is 1.76 bits per heavy atom. The number of anilines is 1. The third kappa shape index (κ3) is 3.22. The summed E-state index contributed by atoms with van der Waals surface area (Å²) in [5.74, 6) is -1.79. The van der Waals surface area contributed by atoms with Crippen LogP contribution in [0.3, 0.4) is 0 Å². The number of thiazole rings is 1. The average Bonchev–Trinajstić information content (AvgIpc) is 3.64. The van der Waals surface area contributed by atoms with Crippen LogP contribution < -0.4 is 9.77 Å². The van der Waals surface area contributed by atoms with E-state index in [1.54, 1.807) is 55.1 Å². The Balaban J connectivity index is 1.26. The summed E-state index contributed by atoms with van der Waals surface area (Å²) in [6.07, 6.45) is 0.772. The number of carbonyl (C=O) groups is 3. The van der Waals surface area contributed by atoms with Crippen LogP contribution in [-0.4, -0.2) is 39.7 Å². The average molecular weight is 549 g/mol. The number of rotatable bonds is 4. The van der Waals surface area contributed by atoms with Gasteiger partial charge < -0.3 is 14.8 Å². The predicted molar refractivity (Wildman–Crippen MR) is 141 cm³/mol. The number of aromatic nitrogens is 1. The number of para-hydroxylation sites is 1. The van der Waals surface area contributed by atoms with E-state index in [1.807, 2.05) is 12.1 Å². The van der Waals surface area contributed by atoms with Crippen molar-refractivity contribution in [3.8, 4) is 5.75 Å². The fourth-order valence-electron chi connectivity index (χ4n) is 7.33. The van der Waals surface area contributed by atoms with Gasteiger partial charge in [-0.2, -0.15) is 0 Å². The van der Waals surface area contributed by atoms with Crippen molar-refractivity contribution in [1.82, 2.24) is 4.98 Å². The highest BCUT2D eigenvalue weighted by atomic mass is 32.2. The van der Waals surface area contributed by atoms with E-state index in [0.717, 1.165) is 21.9 Å². The van der Waals surface area contributed by atoms with Crippen molar-refractivity contribution in [2.24, 2.45) is 29.6 Å². The molecule has 2 amide bonds. The maximum atomic E-state index is 13.8. The molecule has 7 rings (SSSR count). The van der Waals surface area contributed by atoms with Crippen molar-refractivity contribution in [2.75, 3.05) is 11.5 Å². The standard InChI is InChI=1S/C28H24N2O6S2/c1-2-36-27(34)12-7-9-13(10-8-12)30-25(32)20-15-11-16(21(20)26(30)33)22-19(15)18(14-5-3-4-6-17(14)31)23-24(37-22)29-28(35)38-23/h3-10,15-16,18-22,31H,2,11H2,1H3,(H,29,35)/t15?,16?,18-,19?,20?,21?,22?/m1/s1. The second kappa shape index (κ2) is 8.57. The number of H-pyrrole nitrogens is 1. The number of thioether (sulfide) groups is 1. The van der Waals surface area contributed by atoms with E-state index in [4.69, 9.17) is 4.74 Å². The van der Waals surface area contributed by atoms with Gasteiger partial charge in [0.25, 0.3) is 0 Å². The lowest BCUT2D eigenvalue weighted by Crippen LogP contribution is -2.42. The van der Waals surface area contributed by atoms with Crippen molar-refractivity contribution in [3.05, 3.63) is 74.2 Å². The van der Waals surface area contributed by atoms with Crippen molar-refractivity contribution in [3.63, 3.8) is 0 Å². The number of benzene rings is 2. The van der Waals surface area contributed by atoms with Gasteiger partial charge in [-0.25, -0.2) is 4.79 Å². The molecule has 2 N–H and O–H groups in total. The normalized spacial score (nSPS) is 30.8. The summed E-state index contributed by atoms with van der Waals surface area (Å²) in [7, 11) is 0. The number of imide groups is 1. The minimum Gasteiger partial charge on any atom is -0.508 e. The number of amides is 2. The molecular formula is C28H24N2O6S2. The number of hydrogen-bond acceptors (Lipinski definition) is 8. The third-order valence-corrected chi connectivity index (χ3v) is 11.2. The van der Waals surface area contributed by atoms with Crippen molar-refractivity contribution < 1.29 is 24.2 Å². The van der Waals surface area contributed by atoms with Gasteiger partial charge in [0.1, 0.15) is 5.75 Å². The van der Waals surface area contributed by atoms with Crippen molar-refractivity contribution in [1.29, 1.82) is 0 Å². The maximum absolute atomic E-state index is 13.8. The predicted octanol–water partition coefficient (Wildman–Crippen LogP) is 4.00. The lowest BCUT2D eigenvalue weighted by atomic mass is 9.68. The highest BCUT2D eigenvalue weighted by Crippen LogP contribution is 2.69. The van der Waals surface area contributed by atoms with E-state index in [-0.39, 0.29) is 58.0 Å². The first-order valence-electron chi connectivity index (χ1n) is 12.7. The molecule has 3 fully saturated rings. The number of carbonyl (C=O) groups excluding carboxylic acids is 3. The molecule has 2 aromatic carbocycles. The fraction of sp³-hybridized carbons (Fsp3) is 0.357. The Bertz CT molecular complexity index is 1550. The topological polar surface area (TPSA) is 117 Å². The van der Waals surface area contributed by atoms with Gasteiger partial charge in [-0.15, -0.1) is 11.8 Å². The summed E-state index contributed by atoms with van der Waals surface area (Å²) in [6.45, 7) is 2.00. The van der Waals surface area contributed by atoms with Crippen LogP contribution in [0, 0.1) is 29.6 Å². The maximum Gasteiger partial charge on any atom is 0.338 e. The number of hydrogen-bond donors (Lipinski definition) is 2. The summed E-state index contributed by atoms with van der Waals surface area (Å²) in [6, 6.07) is 13.6. The van der Waals surface area contributed by atoms with Crippen LogP contribution in [0.1, 0.15) is 40.1 Å². The van der Waals surface area contributed by atoms with Crippen molar-refractivity contribution in [2.45, 2.75) is 29.5 Å². The molecule has 4 aliphatic rings. The largest absolute Gasteiger partial charge is 0.508 e. The zero-order valence-electron chi connectivity index (χ0n) is 20.3. The Morgan fingerprint density at radius 1 is 1.05 bits per heavy atom. The molecule has 2 aliphatic heterocycles. The number of phenolic OH excluding ortho intramolecular Hbond substituents is 1. The first-order chi connectivity index (χ1) is 18.4. The van der Waals surface area contributed by atoms with Gasteiger partial charge in [-0.3, -0.25) is 19.3 Å². The monoisotopic (exact) mass is 548 g/mol. The smallest absolute Gasteiger partial charge is 0.338 e. The summed E-state index contributed by atoms with van der Waals surface area (Å²) >= 11 is 2.78. The molecule has 1 aromatic heterocycles. The van der Waals surface area contributed by atoms with Gasteiger partial charge in [-0.1, -0.05) is 29.5 Å². The second-order valence-electron chi connectivity index (χ2n) is 10.3. The number of aromatic amines is 1. The number of nitrogens with one attached hydrogen (secondary N) is 1. The zero-order valence-corrected chi connectivity index (χ0v) is 22.0. The molecule has 10 heteroatoms. The zero-order chi connectivity index (χ0) is 26.3. The van der Waals surface area contributed by atoms with E-state index in [0.29, 0.717) is 11.3 Å². The van der Waals surface area contributed by atoms with Gasteiger partial charge in [-0.05, 0) is 61.4 Å². The lowest BCUT2D eigenvalue weighted by molar-refractivity contribution is -0.123. The van der Waals surface area contributed by atoms with Crippen LogP contribution in [0.4, 0.5) is 5.69 Å². The Morgan fingerprint density at radius 3 is 2.47 bits per heavy atom. The van der Waals surface area contributed by atoms with E-state index in [1.165, 1.54) is 16.2 Å². The number of fused-ring (bicyclic) bond motifs is 9. The minimum absolute atomic E-state index is 0.00911. The molecule has 38 heavy (non-hydrogen) atoms. The summed E-state index contributed by atoms with van der Waals surface area (Å²) in [5.41, 5.74) is 1.58. The molecule has 3 aromatic rings. The second-order valence-corrected chi connectivity index (χ2v) is 12.5. The van der Waals surface area contributed by atoms with Gasteiger partial charge >= 0.3 is 10.8 Å². The molecule has 194 valence electrons. The summed E-state index contributed by atoms with van der Waals surface area (Å²) in [4.78, 5) is 57.0. The van der Waals surface area contributed by atoms with E-state index < -0.39 is 17.8 Å². The van der Waals surface area contributed by atoms with E-state index in [9.17, 15) is 24.3 Å². The quantitative estimate of drug-likeness (QED) is 0.374. The third-order valence-electron chi connectivity index (χ3n) is 8.63. The van der Waals surface area contributed by atoms with Gasteiger partial charge in [0, 0.05) is 21.6 Å². The summed E-state index contributed by atoms with van der Waals surface area (Å²) in [5, 5.41) is 11.7. The minimum atomic E-state index is -0.449. The molecule has 0 spiro atoms. The number of phenols is 1. The van der Waals surface area contributed by atoms with E-state index in [2.05, 4.69) is 4.98 Å². The Kier molecular flexibility index (Phi) is 5.35. The number of ether oxygens (including phenoxy) is 1. The molecule has 3 heterocycles. The molecule has 6 unspecified atom stereocenters. The highest BCUT2D eigenvalue weighted by Gasteiger charge is 2.69. The van der Waals surface area contributed by atoms with Crippen LogP contribution in [0.25, 0.3) is 0 Å². The van der Waals surface area contributed by atoms with Crippen LogP contribution in [0.2, 0.25) is 0 Å². The fourth-order valence-corrected chi connectivity index (χ4v) is 10.2. The number of nitrogens with zero attached hydrogens (tertiary/aromatic N) is 1. The van der Waals surface area contributed by atoms with Gasteiger partial charge in [0.15, 0.2) is 0 Å². The molecule has 2 saturated carbocycles. The van der Waals surface area contributed by atoms with E-state index >= 15 is 0 Å². The lowest BCUT2D eigenvalue weighted by Gasteiger charge is -2.43. The molecule has 8 nitrogen and oxygen atoms in total. The van der Waals surface area contributed by atoms with Crippen LogP contribution in [0.15, 0.2) is 58.4 Å². The first-order valence-corrected chi connectivity index (χ1v) is 14.4. The number of esters is 1. The van der Waals surface area contributed by atoms with Crippen LogP contribution >= 0.6 is 23.1 Å². The van der Waals surface area contributed by atoms with Crippen LogP contribution in [0.5, 0.6) is 5.75 Å².